The third-order valence-electron chi connectivity index (χ3n) is 4.76. The Balaban J connectivity index is 1.87. The van der Waals surface area contributed by atoms with Crippen molar-refractivity contribution in [2.45, 2.75) is 20.0 Å². The van der Waals surface area contributed by atoms with E-state index in [-0.39, 0.29) is 0 Å². The van der Waals surface area contributed by atoms with E-state index in [0.717, 1.165) is 21.7 Å². The van der Waals surface area contributed by atoms with Crippen LogP contribution in [0.4, 0.5) is 0 Å². The summed E-state index contributed by atoms with van der Waals surface area (Å²) in [4.78, 5) is 4.48. The van der Waals surface area contributed by atoms with Crippen LogP contribution in [0.3, 0.4) is 0 Å². The van der Waals surface area contributed by atoms with Crippen LogP contribution < -0.4 is 0 Å². The minimum Gasteiger partial charge on any atom is -0.382 e. The molecule has 1 unspecified atom stereocenters. The highest BCUT2D eigenvalue weighted by Crippen LogP contribution is 2.30. The molecule has 0 saturated heterocycles. The van der Waals surface area contributed by atoms with Gasteiger partial charge >= 0.3 is 0 Å². The average Bonchev–Trinajstić information content (AvgIpc) is 2.61. The summed E-state index contributed by atoms with van der Waals surface area (Å²) >= 11 is 0. The van der Waals surface area contributed by atoms with Gasteiger partial charge in [-0.25, -0.2) is 0 Å². The number of nitrogens with zero attached hydrogens (tertiary/aromatic N) is 1. The number of pyridine rings is 1. The number of aromatic nitrogens is 1. The quantitative estimate of drug-likeness (QED) is 0.559. The molecule has 4 aromatic rings. The Bertz CT molecular complexity index is 1050. The normalized spacial score (nSPS) is 12.6. The van der Waals surface area contributed by atoms with Gasteiger partial charge in [0, 0.05) is 11.6 Å². The number of hydrogen-bond donors (Lipinski definition) is 1. The Labute approximate surface area is 141 Å². The SMILES string of the molecule is Cc1cc2ccnc(C(O)c3ccc4ccccc4c3)c2cc1C. The van der Waals surface area contributed by atoms with Crippen molar-refractivity contribution in [2.24, 2.45) is 0 Å². The minimum absolute atomic E-state index is 0.714. The van der Waals surface area contributed by atoms with Gasteiger partial charge in [0.1, 0.15) is 6.10 Å². The van der Waals surface area contributed by atoms with E-state index in [2.05, 4.69) is 49.2 Å². The molecule has 1 atom stereocenters. The maximum atomic E-state index is 10.9. The molecule has 0 saturated carbocycles. The molecule has 1 N–H and O–H groups in total. The molecule has 1 aromatic heterocycles. The number of benzene rings is 3. The Morgan fingerprint density at radius 2 is 1.54 bits per heavy atom. The van der Waals surface area contributed by atoms with Crippen LogP contribution >= 0.6 is 0 Å². The topological polar surface area (TPSA) is 33.1 Å². The molecule has 0 spiro atoms. The fraction of sp³-hybridized carbons (Fsp3) is 0.136. The fourth-order valence-corrected chi connectivity index (χ4v) is 3.22. The van der Waals surface area contributed by atoms with E-state index >= 15 is 0 Å². The van der Waals surface area contributed by atoms with Crippen molar-refractivity contribution in [3.63, 3.8) is 0 Å². The van der Waals surface area contributed by atoms with E-state index in [0.29, 0.717) is 5.69 Å². The minimum atomic E-state index is -0.736. The molecule has 0 radical (unpaired) electrons. The van der Waals surface area contributed by atoms with Crippen molar-refractivity contribution in [3.8, 4) is 0 Å². The van der Waals surface area contributed by atoms with Gasteiger partial charge in [-0.1, -0.05) is 42.5 Å². The Morgan fingerprint density at radius 3 is 2.38 bits per heavy atom. The second-order valence-electron chi connectivity index (χ2n) is 6.36. The van der Waals surface area contributed by atoms with Gasteiger partial charge in [-0.2, -0.15) is 0 Å². The van der Waals surface area contributed by atoms with Gasteiger partial charge in [0.2, 0.25) is 0 Å². The first-order valence-electron chi connectivity index (χ1n) is 8.16. The number of aliphatic hydroxyl groups excluding tert-OH is 1. The zero-order chi connectivity index (χ0) is 16.7. The molecular formula is C22H19NO. The standard InChI is InChI=1S/C22H19NO/c1-14-11-18-9-10-23-21(20(18)12-15(14)2)22(24)19-8-7-16-5-3-4-6-17(16)13-19/h3-13,22,24H,1-2H3. The number of hydrogen-bond acceptors (Lipinski definition) is 2. The first kappa shape index (κ1) is 14.9. The number of fused-ring (bicyclic) bond motifs is 2. The molecule has 0 aliphatic carbocycles. The lowest BCUT2D eigenvalue weighted by molar-refractivity contribution is 0.217. The molecule has 2 nitrogen and oxygen atoms in total. The summed E-state index contributed by atoms with van der Waals surface area (Å²) in [5.74, 6) is 0. The second kappa shape index (κ2) is 5.73. The monoisotopic (exact) mass is 313 g/mol. The molecule has 0 amide bonds. The van der Waals surface area contributed by atoms with E-state index in [1.54, 1.807) is 6.20 Å². The van der Waals surface area contributed by atoms with Gasteiger partial charge in [-0.3, -0.25) is 4.98 Å². The van der Waals surface area contributed by atoms with Crippen LogP contribution in [0, 0.1) is 13.8 Å². The molecule has 118 valence electrons. The van der Waals surface area contributed by atoms with E-state index < -0.39 is 6.10 Å². The Kier molecular flexibility index (Phi) is 3.55. The van der Waals surface area contributed by atoms with Crippen molar-refractivity contribution < 1.29 is 5.11 Å². The van der Waals surface area contributed by atoms with Crippen LogP contribution in [0.2, 0.25) is 0 Å². The van der Waals surface area contributed by atoms with Gasteiger partial charge in [-0.15, -0.1) is 0 Å². The average molecular weight is 313 g/mol. The molecule has 0 aliphatic rings. The van der Waals surface area contributed by atoms with Crippen LogP contribution in [-0.2, 0) is 0 Å². The second-order valence-corrected chi connectivity index (χ2v) is 6.36. The summed E-state index contributed by atoms with van der Waals surface area (Å²) in [5.41, 5.74) is 4.04. The highest BCUT2D eigenvalue weighted by atomic mass is 16.3. The maximum Gasteiger partial charge on any atom is 0.122 e. The zero-order valence-corrected chi connectivity index (χ0v) is 13.8. The number of rotatable bonds is 2. The molecule has 4 rings (SSSR count). The van der Waals surface area contributed by atoms with Crippen LogP contribution in [0.1, 0.15) is 28.5 Å². The fourth-order valence-electron chi connectivity index (χ4n) is 3.22. The summed E-state index contributed by atoms with van der Waals surface area (Å²) in [5, 5.41) is 15.4. The Morgan fingerprint density at radius 1 is 0.792 bits per heavy atom. The number of aliphatic hydroxyl groups is 1. The van der Waals surface area contributed by atoms with Crippen LogP contribution in [0.5, 0.6) is 0 Å². The lowest BCUT2D eigenvalue weighted by Crippen LogP contribution is -2.03. The summed E-state index contributed by atoms with van der Waals surface area (Å²) in [6.45, 7) is 4.20. The smallest absolute Gasteiger partial charge is 0.122 e. The van der Waals surface area contributed by atoms with E-state index in [1.165, 1.54) is 16.5 Å². The maximum absolute atomic E-state index is 10.9. The lowest BCUT2D eigenvalue weighted by Gasteiger charge is -2.15. The third kappa shape index (κ3) is 2.45. The van der Waals surface area contributed by atoms with Gasteiger partial charge in [0.25, 0.3) is 0 Å². The third-order valence-corrected chi connectivity index (χ3v) is 4.76. The highest BCUT2D eigenvalue weighted by Gasteiger charge is 2.16. The Hall–Kier alpha value is -2.71. The molecule has 0 aliphatic heterocycles. The van der Waals surface area contributed by atoms with Crippen LogP contribution in [0.25, 0.3) is 21.5 Å². The van der Waals surface area contributed by atoms with Gasteiger partial charge in [-0.05, 0) is 64.9 Å². The van der Waals surface area contributed by atoms with E-state index in [9.17, 15) is 5.11 Å². The molecular weight excluding hydrogens is 294 g/mol. The van der Waals surface area contributed by atoms with Crippen molar-refractivity contribution in [2.75, 3.05) is 0 Å². The van der Waals surface area contributed by atoms with Gasteiger partial charge in [0.05, 0.1) is 5.69 Å². The van der Waals surface area contributed by atoms with Crippen LogP contribution in [0.15, 0.2) is 66.9 Å². The van der Waals surface area contributed by atoms with Crippen molar-refractivity contribution in [1.29, 1.82) is 0 Å². The molecule has 3 aromatic carbocycles. The first-order valence-corrected chi connectivity index (χ1v) is 8.16. The first-order chi connectivity index (χ1) is 11.6. The van der Waals surface area contributed by atoms with E-state index in [1.807, 2.05) is 30.3 Å². The molecule has 2 heteroatoms. The predicted molar refractivity (Wildman–Crippen MR) is 99.2 cm³/mol. The predicted octanol–water partition coefficient (Wildman–Crippen LogP) is 5.09. The summed E-state index contributed by atoms with van der Waals surface area (Å²) in [6, 6.07) is 20.5. The van der Waals surface area contributed by atoms with E-state index in [4.69, 9.17) is 0 Å². The van der Waals surface area contributed by atoms with Crippen molar-refractivity contribution >= 4 is 21.5 Å². The van der Waals surface area contributed by atoms with Crippen LogP contribution in [-0.4, -0.2) is 10.1 Å². The number of aryl methyl sites for hydroxylation is 2. The largest absolute Gasteiger partial charge is 0.382 e. The molecule has 24 heavy (non-hydrogen) atoms. The molecule has 0 bridgehead atoms. The zero-order valence-electron chi connectivity index (χ0n) is 13.8. The lowest BCUT2D eigenvalue weighted by atomic mass is 9.96. The van der Waals surface area contributed by atoms with Gasteiger partial charge < -0.3 is 5.11 Å². The summed E-state index contributed by atoms with van der Waals surface area (Å²) in [7, 11) is 0. The van der Waals surface area contributed by atoms with Crippen molar-refractivity contribution in [1.82, 2.24) is 4.98 Å². The summed E-state index contributed by atoms with van der Waals surface area (Å²) in [6.07, 6.45) is 1.04. The van der Waals surface area contributed by atoms with Gasteiger partial charge in [0.15, 0.2) is 0 Å². The highest BCUT2D eigenvalue weighted by molar-refractivity contribution is 5.87. The van der Waals surface area contributed by atoms with Crippen molar-refractivity contribution in [3.05, 3.63) is 89.2 Å². The molecule has 0 fully saturated rings. The summed E-state index contributed by atoms with van der Waals surface area (Å²) < 4.78 is 0. The molecule has 1 heterocycles.